The Labute approximate surface area is 95.0 Å². The first-order chi connectivity index (χ1) is 7.77. The lowest BCUT2D eigenvalue weighted by Crippen LogP contribution is -2.17. The fraction of sp³-hybridized carbons (Fsp3) is 0.154. The summed E-state index contributed by atoms with van der Waals surface area (Å²) in [5, 5.41) is 9.62. The van der Waals surface area contributed by atoms with Crippen LogP contribution in [0.4, 0.5) is 5.69 Å². The Morgan fingerprint density at radius 1 is 1.12 bits per heavy atom. The fourth-order valence-corrected chi connectivity index (χ4v) is 1.55. The van der Waals surface area contributed by atoms with Crippen molar-refractivity contribution < 1.29 is 5.11 Å². The molecule has 0 aliphatic carbocycles. The molecule has 0 radical (unpaired) electrons. The van der Waals surface area contributed by atoms with Gasteiger partial charge in [-0.3, -0.25) is 4.98 Å². The van der Waals surface area contributed by atoms with E-state index >= 15 is 0 Å². The van der Waals surface area contributed by atoms with Crippen molar-refractivity contribution >= 4 is 5.69 Å². The van der Waals surface area contributed by atoms with Gasteiger partial charge in [-0.2, -0.15) is 0 Å². The molecule has 16 heavy (non-hydrogen) atoms. The molecule has 0 saturated heterocycles. The smallest absolute Gasteiger partial charge is 0.138 e. The van der Waals surface area contributed by atoms with Crippen LogP contribution in [0.25, 0.3) is 0 Å². The van der Waals surface area contributed by atoms with E-state index in [0.717, 1.165) is 5.69 Å². The van der Waals surface area contributed by atoms with E-state index in [4.69, 9.17) is 0 Å². The molecule has 1 aromatic heterocycles. The number of pyridine rings is 1. The third kappa shape index (κ3) is 2.31. The van der Waals surface area contributed by atoms with Gasteiger partial charge in [-0.1, -0.05) is 18.2 Å². The van der Waals surface area contributed by atoms with Gasteiger partial charge in [0.25, 0.3) is 0 Å². The summed E-state index contributed by atoms with van der Waals surface area (Å²) < 4.78 is 0. The standard InChI is InChI=1S/C13H14N2O/c1-15(11-6-3-2-4-7-11)10-12-13(16)8-5-9-14-12/h2-9,16H,10H2,1H3. The van der Waals surface area contributed by atoms with Gasteiger partial charge in [-0.05, 0) is 24.3 Å². The zero-order valence-electron chi connectivity index (χ0n) is 9.17. The highest BCUT2D eigenvalue weighted by Crippen LogP contribution is 2.18. The second-order valence-corrected chi connectivity index (χ2v) is 3.66. The Bertz CT molecular complexity index is 456. The number of rotatable bonds is 3. The molecule has 2 aromatic rings. The van der Waals surface area contributed by atoms with Crippen LogP contribution >= 0.6 is 0 Å². The van der Waals surface area contributed by atoms with E-state index in [1.807, 2.05) is 42.3 Å². The minimum atomic E-state index is 0.241. The van der Waals surface area contributed by atoms with E-state index in [1.165, 1.54) is 0 Å². The van der Waals surface area contributed by atoms with Crippen molar-refractivity contribution in [2.45, 2.75) is 6.54 Å². The van der Waals surface area contributed by atoms with Crippen molar-refractivity contribution in [2.24, 2.45) is 0 Å². The van der Waals surface area contributed by atoms with Gasteiger partial charge in [0, 0.05) is 18.9 Å². The maximum absolute atomic E-state index is 9.62. The number of para-hydroxylation sites is 1. The van der Waals surface area contributed by atoms with E-state index in [1.54, 1.807) is 18.3 Å². The van der Waals surface area contributed by atoms with Crippen LogP contribution in [0, 0.1) is 0 Å². The molecular formula is C13H14N2O. The summed E-state index contributed by atoms with van der Waals surface area (Å²) in [6, 6.07) is 13.4. The van der Waals surface area contributed by atoms with Crippen LogP contribution in [0.1, 0.15) is 5.69 Å². The summed E-state index contributed by atoms with van der Waals surface area (Å²) in [5.41, 5.74) is 1.79. The van der Waals surface area contributed by atoms with Crippen molar-refractivity contribution in [1.82, 2.24) is 4.98 Å². The zero-order valence-corrected chi connectivity index (χ0v) is 9.17. The SMILES string of the molecule is CN(Cc1ncccc1O)c1ccccc1. The third-order valence-corrected chi connectivity index (χ3v) is 2.45. The van der Waals surface area contributed by atoms with Crippen LogP contribution in [-0.2, 0) is 6.54 Å². The van der Waals surface area contributed by atoms with Gasteiger partial charge < -0.3 is 10.0 Å². The highest BCUT2D eigenvalue weighted by Gasteiger charge is 2.05. The first-order valence-corrected chi connectivity index (χ1v) is 5.16. The molecule has 0 fully saturated rings. The fourth-order valence-electron chi connectivity index (χ4n) is 1.55. The lowest BCUT2D eigenvalue weighted by atomic mass is 10.2. The Hall–Kier alpha value is -2.03. The molecule has 0 spiro atoms. The topological polar surface area (TPSA) is 36.4 Å². The van der Waals surface area contributed by atoms with Gasteiger partial charge in [0.15, 0.2) is 0 Å². The Morgan fingerprint density at radius 3 is 2.56 bits per heavy atom. The molecule has 1 heterocycles. The van der Waals surface area contributed by atoms with Gasteiger partial charge in [-0.15, -0.1) is 0 Å². The molecule has 2 rings (SSSR count). The Morgan fingerprint density at radius 2 is 1.88 bits per heavy atom. The summed E-state index contributed by atoms with van der Waals surface area (Å²) in [6.45, 7) is 0.594. The maximum Gasteiger partial charge on any atom is 0.138 e. The van der Waals surface area contributed by atoms with E-state index in [2.05, 4.69) is 4.98 Å². The molecular weight excluding hydrogens is 200 g/mol. The maximum atomic E-state index is 9.62. The molecule has 0 aliphatic rings. The van der Waals surface area contributed by atoms with Crippen molar-refractivity contribution in [3.8, 4) is 5.75 Å². The first kappa shape index (κ1) is 10.5. The minimum Gasteiger partial charge on any atom is -0.506 e. The van der Waals surface area contributed by atoms with Gasteiger partial charge in [0.1, 0.15) is 11.4 Å². The first-order valence-electron chi connectivity index (χ1n) is 5.16. The monoisotopic (exact) mass is 214 g/mol. The average Bonchev–Trinajstić information content (AvgIpc) is 2.33. The predicted octanol–water partition coefficient (Wildman–Crippen LogP) is 2.42. The van der Waals surface area contributed by atoms with Crippen LogP contribution < -0.4 is 4.90 Å². The van der Waals surface area contributed by atoms with Crippen molar-refractivity contribution in [1.29, 1.82) is 0 Å². The molecule has 0 atom stereocenters. The van der Waals surface area contributed by atoms with E-state index in [-0.39, 0.29) is 5.75 Å². The van der Waals surface area contributed by atoms with Crippen LogP contribution in [0.3, 0.4) is 0 Å². The summed E-state index contributed by atoms with van der Waals surface area (Å²) in [5.74, 6) is 0.241. The van der Waals surface area contributed by atoms with Gasteiger partial charge >= 0.3 is 0 Å². The summed E-state index contributed by atoms with van der Waals surface area (Å²) in [7, 11) is 1.98. The predicted molar refractivity (Wildman–Crippen MR) is 64.5 cm³/mol. The second kappa shape index (κ2) is 4.66. The van der Waals surface area contributed by atoms with Crippen LogP contribution in [0.5, 0.6) is 5.75 Å². The highest BCUT2D eigenvalue weighted by atomic mass is 16.3. The molecule has 0 bridgehead atoms. The Kier molecular flexibility index (Phi) is 3.05. The quantitative estimate of drug-likeness (QED) is 0.852. The number of nitrogens with zero attached hydrogens (tertiary/aromatic N) is 2. The summed E-state index contributed by atoms with van der Waals surface area (Å²) >= 11 is 0. The van der Waals surface area contributed by atoms with Crippen molar-refractivity contribution in [3.63, 3.8) is 0 Å². The number of aromatic hydroxyl groups is 1. The number of anilines is 1. The molecule has 1 N–H and O–H groups in total. The largest absolute Gasteiger partial charge is 0.506 e. The third-order valence-electron chi connectivity index (χ3n) is 2.45. The molecule has 82 valence electrons. The lowest BCUT2D eigenvalue weighted by molar-refractivity contribution is 0.463. The molecule has 3 heteroatoms. The highest BCUT2D eigenvalue weighted by molar-refractivity contribution is 5.46. The zero-order chi connectivity index (χ0) is 11.4. The summed E-state index contributed by atoms with van der Waals surface area (Å²) in [6.07, 6.45) is 1.69. The molecule has 3 nitrogen and oxygen atoms in total. The van der Waals surface area contributed by atoms with Crippen molar-refractivity contribution in [3.05, 3.63) is 54.4 Å². The van der Waals surface area contributed by atoms with Crippen LogP contribution in [-0.4, -0.2) is 17.1 Å². The van der Waals surface area contributed by atoms with Gasteiger partial charge in [0.2, 0.25) is 0 Å². The Balaban J connectivity index is 2.14. The number of hydrogen-bond acceptors (Lipinski definition) is 3. The van der Waals surface area contributed by atoms with Gasteiger partial charge in [0.05, 0.1) is 6.54 Å². The van der Waals surface area contributed by atoms with Crippen LogP contribution in [0.2, 0.25) is 0 Å². The molecule has 1 aromatic carbocycles. The number of aromatic nitrogens is 1. The van der Waals surface area contributed by atoms with Gasteiger partial charge in [-0.25, -0.2) is 0 Å². The minimum absolute atomic E-state index is 0.241. The normalized spacial score (nSPS) is 10.1. The molecule has 0 aliphatic heterocycles. The lowest BCUT2D eigenvalue weighted by Gasteiger charge is -2.18. The average molecular weight is 214 g/mol. The second-order valence-electron chi connectivity index (χ2n) is 3.66. The van der Waals surface area contributed by atoms with Crippen molar-refractivity contribution in [2.75, 3.05) is 11.9 Å². The number of hydrogen-bond donors (Lipinski definition) is 1. The number of benzene rings is 1. The van der Waals surface area contributed by atoms with E-state index in [9.17, 15) is 5.11 Å². The summed E-state index contributed by atoms with van der Waals surface area (Å²) in [4.78, 5) is 6.20. The van der Waals surface area contributed by atoms with E-state index < -0.39 is 0 Å². The molecule has 0 amide bonds. The van der Waals surface area contributed by atoms with Crippen LogP contribution in [0.15, 0.2) is 48.7 Å². The molecule has 0 unspecified atom stereocenters. The van der Waals surface area contributed by atoms with E-state index in [0.29, 0.717) is 12.2 Å². The molecule has 0 saturated carbocycles.